The van der Waals surface area contributed by atoms with Crippen LogP contribution in [-0.4, -0.2) is 24.9 Å². The Kier molecular flexibility index (Phi) is 7.94. The van der Waals surface area contributed by atoms with Gasteiger partial charge in [-0.25, -0.2) is 4.84 Å². The first-order valence-electron chi connectivity index (χ1n) is 10.2. The number of nitrogens with one attached hydrogen (secondary N) is 2. The van der Waals surface area contributed by atoms with Gasteiger partial charge in [0.25, 0.3) is 5.91 Å². The van der Waals surface area contributed by atoms with Gasteiger partial charge in [0.15, 0.2) is 0 Å². The Morgan fingerprint density at radius 1 is 1.18 bits per heavy atom. The van der Waals surface area contributed by atoms with E-state index in [1.54, 1.807) is 31.4 Å². The van der Waals surface area contributed by atoms with Crippen LogP contribution in [0.4, 0.5) is 13.2 Å². The van der Waals surface area contributed by atoms with Crippen molar-refractivity contribution >= 4 is 46.6 Å². The van der Waals surface area contributed by atoms with E-state index in [4.69, 9.17) is 28.0 Å². The van der Waals surface area contributed by atoms with Crippen molar-refractivity contribution in [2.45, 2.75) is 38.5 Å². The molecule has 178 valence electrons. The highest BCUT2D eigenvalue weighted by Gasteiger charge is 2.64. The quantitative estimate of drug-likeness (QED) is 0.393. The SMILES string of the molecule is CCCCNC(=O)c1ccc(C2=C(SC)C(c3cc(Cl)cc(Cl)c3)(C(F)(F)F)ON2)cc1C. The number of carbonyl (C=O) groups excluding carboxylic acids is 1. The van der Waals surface area contributed by atoms with E-state index >= 15 is 0 Å². The number of carbonyl (C=O) groups is 1. The minimum Gasteiger partial charge on any atom is -0.352 e. The summed E-state index contributed by atoms with van der Waals surface area (Å²) in [7, 11) is 0. The van der Waals surface area contributed by atoms with Crippen molar-refractivity contribution in [2.24, 2.45) is 0 Å². The van der Waals surface area contributed by atoms with E-state index in [9.17, 15) is 18.0 Å². The molecule has 0 spiro atoms. The predicted octanol–water partition coefficient (Wildman–Crippen LogP) is 6.86. The molecule has 1 atom stereocenters. The summed E-state index contributed by atoms with van der Waals surface area (Å²) in [5, 5.41) is 2.97. The van der Waals surface area contributed by atoms with E-state index in [0.29, 0.717) is 23.2 Å². The average Bonchev–Trinajstić information content (AvgIpc) is 3.14. The Labute approximate surface area is 204 Å². The van der Waals surface area contributed by atoms with Crippen LogP contribution in [0.5, 0.6) is 0 Å². The van der Waals surface area contributed by atoms with Gasteiger partial charge in [0.05, 0.1) is 10.6 Å². The first kappa shape index (κ1) is 25.7. The zero-order valence-corrected chi connectivity index (χ0v) is 20.5. The van der Waals surface area contributed by atoms with Crippen LogP contribution in [0.3, 0.4) is 0 Å². The summed E-state index contributed by atoms with van der Waals surface area (Å²) in [6, 6.07) is 8.60. The minimum absolute atomic E-state index is 0.0629. The average molecular weight is 519 g/mol. The Balaban J connectivity index is 2.09. The number of halogens is 5. The first-order valence-corrected chi connectivity index (χ1v) is 12.2. The molecule has 0 aliphatic carbocycles. The molecule has 0 saturated carbocycles. The molecule has 0 bridgehead atoms. The number of aryl methyl sites for hydroxylation is 1. The maximum Gasteiger partial charge on any atom is 0.429 e. The molecule has 1 aliphatic rings. The van der Waals surface area contributed by atoms with Crippen molar-refractivity contribution in [2.75, 3.05) is 12.8 Å². The van der Waals surface area contributed by atoms with Crippen molar-refractivity contribution in [1.29, 1.82) is 0 Å². The number of unbranched alkanes of at least 4 members (excludes halogenated alkanes) is 1. The molecule has 0 fully saturated rings. The molecular weight excluding hydrogens is 496 g/mol. The standard InChI is InChI=1S/C23H23Cl2F3N2O2S/c1-4-5-8-29-21(31)18-7-6-14(9-13(18)2)19-20(33-3)22(32-30-19,23(26,27)28)15-10-16(24)12-17(25)11-15/h6-7,9-12,30H,4-5,8H2,1-3H3,(H,29,31). The molecule has 4 nitrogen and oxygen atoms in total. The highest BCUT2D eigenvalue weighted by molar-refractivity contribution is 8.02. The van der Waals surface area contributed by atoms with Crippen molar-refractivity contribution in [3.05, 3.63) is 73.6 Å². The molecule has 0 saturated heterocycles. The molecule has 2 aromatic rings. The van der Waals surface area contributed by atoms with Gasteiger partial charge in [-0.1, -0.05) is 42.6 Å². The smallest absolute Gasteiger partial charge is 0.352 e. The molecule has 1 unspecified atom stereocenters. The summed E-state index contributed by atoms with van der Waals surface area (Å²) in [6.45, 7) is 4.32. The molecule has 3 rings (SSSR count). The summed E-state index contributed by atoms with van der Waals surface area (Å²) in [5.74, 6) is -0.222. The maximum absolute atomic E-state index is 14.5. The Bertz CT molecular complexity index is 1070. The fraction of sp³-hybridized carbons (Fsp3) is 0.348. The lowest BCUT2D eigenvalue weighted by molar-refractivity contribution is -0.270. The number of rotatable bonds is 7. The third-order valence-corrected chi connectivity index (χ3v) is 6.64. The minimum atomic E-state index is -4.82. The van der Waals surface area contributed by atoms with Gasteiger partial charge >= 0.3 is 6.18 Å². The van der Waals surface area contributed by atoms with Crippen LogP contribution in [0.15, 0.2) is 41.3 Å². The van der Waals surface area contributed by atoms with Gasteiger partial charge in [0, 0.05) is 33.3 Å². The molecule has 1 heterocycles. The van der Waals surface area contributed by atoms with Crippen LogP contribution in [0.2, 0.25) is 10.0 Å². The molecule has 10 heteroatoms. The van der Waals surface area contributed by atoms with Crippen LogP contribution >= 0.6 is 35.0 Å². The van der Waals surface area contributed by atoms with Gasteiger partial charge in [-0.05, 0) is 55.5 Å². The largest absolute Gasteiger partial charge is 0.429 e. The van der Waals surface area contributed by atoms with Crippen molar-refractivity contribution in [3.63, 3.8) is 0 Å². The molecule has 2 aromatic carbocycles. The number of amides is 1. The summed E-state index contributed by atoms with van der Waals surface area (Å²) in [5.41, 5.74) is 1.17. The summed E-state index contributed by atoms with van der Waals surface area (Å²) < 4.78 is 43.6. The molecule has 0 aromatic heterocycles. The predicted molar refractivity (Wildman–Crippen MR) is 127 cm³/mol. The van der Waals surface area contributed by atoms with Gasteiger partial charge in [-0.2, -0.15) is 13.2 Å². The highest BCUT2D eigenvalue weighted by Crippen LogP contribution is 2.55. The van der Waals surface area contributed by atoms with Crippen molar-refractivity contribution in [3.8, 4) is 0 Å². The van der Waals surface area contributed by atoms with Gasteiger partial charge in [0.2, 0.25) is 5.60 Å². The molecule has 2 N–H and O–H groups in total. The molecular formula is C23H23Cl2F3N2O2S. The monoisotopic (exact) mass is 518 g/mol. The van der Waals surface area contributed by atoms with Crippen LogP contribution in [0.1, 0.15) is 46.8 Å². The fourth-order valence-corrected chi connectivity index (χ4v) is 5.13. The van der Waals surface area contributed by atoms with Crippen LogP contribution in [0.25, 0.3) is 5.70 Å². The van der Waals surface area contributed by atoms with E-state index in [-0.39, 0.29) is 32.1 Å². The fourth-order valence-electron chi connectivity index (χ4n) is 3.68. The van der Waals surface area contributed by atoms with Crippen LogP contribution in [-0.2, 0) is 10.4 Å². The normalized spacial score (nSPS) is 18.4. The van der Waals surface area contributed by atoms with E-state index in [1.165, 1.54) is 18.2 Å². The summed E-state index contributed by atoms with van der Waals surface area (Å²) >= 11 is 12.9. The third kappa shape index (κ3) is 4.99. The molecule has 1 amide bonds. The number of alkyl halides is 3. The summed E-state index contributed by atoms with van der Waals surface area (Å²) in [4.78, 5) is 17.6. The lowest BCUT2D eigenvalue weighted by atomic mass is 9.90. The van der Waals surface area contributed by atoms with Crippen LogP contribution < -0.4 is 10.8 Å². The number of hydrogen-bond donors (Lipinski definition) is 2. The van der Waals surface area contributed by atoms with E-state index in [1.807, 2.05) is 6.92 Å². The second kappa shape index (κ2) is 10.2. The maximum atomic E-state index is 14.5. The molecule has 33 heavy (non-hydrogen) atoms. The Hall–Kier alpha value is -1.87. The number of hydrogen-bond acceptors (Lipinski definition) is 4. The second-order valence-corrected chi connectivity index (χ2v) is 9.28. The lowest BCUT2D eigenvalue weighted by Gasteiger charge is -2.32. The van der Waals surface area contributed by atoms with Gasteiger partial charge in [0.1, 0.15) is 0 Å². The van der Waals surface area contributed by atoms with Gasteiger partial charge < -0.3 is 5.32 Å². The number of benzene rings is 2. The zero-order valence-electron chi connectivity index (χ0n) is 18.2. The van der Waals surface area contributed by atoms with E-state index < -0.39 is 11.8 Å². The Morgan fingerprint density at radius 3 is 2.39 bits per heavy atom. The third-order valence-electron chi connectivity index (χ3n) is 5.30. The molecule has 1 aliphatic heterocycles. The van der Waals surface area contributed by atoms with E-state index in [0.717, 1.165) is 24.6 Å². The first-order chi connectivity index (χ1) is 15.5. The van der Waals surface area contributed by atoms with Crippen molar-refractivity contribution < 1.29 is 22.8 Å². The van der Waals surface area contributed by atoms with E-state index in [2.05, 4.69) is 10.8 Å². The lowest BCUT2D eigenvalue weighted by Crippen LogP contribution is -2.44. The summed E-state index contributed by atoms with van der Waals surface area (Å²) in [6.07, 6.45) is -1.46. The van der Waals surface area contributed by atoms with Gasteiger partial charge in [-0.15, -0.1) is 11.8 Å². The van der Waals surface area contributed by atoms with Crippen LogP contribution in [0, 0.1) is 6.92 Å². The second-order valence-electron chi connectivity index (χ2n) is 7.59. The van der Waals surface area contributed by atoms with Crippen molar-refractivity contribution in [1.82, 2.24) is 10.8 Å². The molecule has 0 radical (unpaired) electrons. The Morgan fingerprint density at radius 2 is 1.85 bits per heavy atom. The highest BCUT2D eigenvalue weighted by atomic mass is 35.5. The number of thioether (sulfide) groups is 1. The number of hydroxylamine groups is 1. The zero-order chi connectivity index (χ0) is 24.4. The van der Waals surface area contributed by atoms with Gasteiger partial charge in [-0.3, -0.25) is 10.3 Å². The topological polar surface area (TPSA) is 50.4 Å².